The summed E-state index contributed by atoms with van der Waals surface area (Å²) in [6.45, 7) is 0.395. The van der Waals surface area contributed by atoms with Crippen LogP contribution in [0.25, 0.3) is 6.08 Å². The van der Waals surface area contributed by atoms with Crippen molar-refractivity contribution in [3.63, 3.8) is 0 Å². The number of aromatic carboxylic acids is 1. The van der Waals surface area contributed by atoms with Crippen LogP contribution in [0.5, 0.6) is 11.5 Å². The van der Waals surface area contributed by atoms with E-state index in [4.69, 9.17) is 9.47 Å². The summed E-state index contributed by atoms with van der Waals surface area (Å²) < 4.78 is 12.4. The molecule has 0 spiro atoms. The molecule has 1 saturated heterocycles. The van der Waals surface area contributed by atoms with Crippen LogP contribution in [-0.4, -0.2) is 41.2 Å². The maximum Gasteiger partial charge on any atom is 0.335 e. The van der Waals surface area contributed by atoms with E-state index in [9.17, 15) is 14.7 Å². The van der Waals surface area contributed by atoms with Gasteiger partial charge in [0.1, 0.15) is 6.61 Å². The Morgan fingerprint density at radius 1 is 1.11 bits per heavy atom. The van der Waals surface area contributed by atoms with Gasteiger partial charge in [0.25, 0.3) is 5.91 Å². The van der Waals surface area contributed by atoms with Gasteiger partial charge < -0.3 is 14.6 Å². The normalized spacial score (nSPS) is 15.6. The minimum absolute atomic E-state index is 0.133. The summed E-state index contributed by atoms with van der Waals surface area (Å²) >= 11 is 4.64. The van der Waals surface area contributed by atoms with Gasteiger partial charge >= 0.3 is 5.97 Å². The van der Waals surface area contributed by atoms with Crippen molar-refractivity contribution in [3.05, 3.63) is 92.8 Å². The molecule has 1 aliphatic heterocycles. The van der Waals surface area contributed by atoms with Crippen LogP contribution >= 0.6 is 27.7 Å². The molecule has 1 N–H and O–H groups in total. The zero-order valence-corrected chi connectivity index (χ0v) is 21.3. The Morgan fingerprint density at radius 3 is 2.60 bits per heavy atom. The van der Waals surface area contributed by atoms with Gasteiger partial charge in [0.2, 0.25) is 0 Å². The molecule has 1 fully saturated rings. The third-order valence-corrected chi connectivity index (χ3v) is 6.70. The van der Waals surface area contributed by atoms with Gasteiger partial charge in [-0.1, -0.05) is 40.2 Å². The number of likely N-dealkylation sites (N-methyl/N-ethyl adjacent to an activating group) is 1. The second-order valence-corrected chi connectivity index (χ2v) is 9.47. The Morgan fingerprint density at radius 2 is 1.89 bits per heavy atom. The summed E-state index contributed by atoms with van der Waals surface area (Å²) in [6.07, 6.45) is 1.76. The molecule has 4 rings (SSSR count). The first kappa shape index (κ1) is 24.6. The smallest absolute Gasteiger partial charge is 0.335 e. The lowest BCUT2D eigenvalue weighted by Crippen LogP contribution is -2.23. The summed E-state index contributed by atoms with van der Waals surface area (Å²) in [5, 5.41) is 9.65. The van der Waals surface area contributed by atoms with E-state index < -0.39 is 5.97 Å². The fourth-order valence-electron chi connectivity index (χ4n) is 3.26. The largest absolute Gasteiger partial charge is 0.493 e. The van der Waals surface area contributed by atoms with Gasteiger partial charge in [-0.25, -0.2) is 9.79 Å². The molecule has 178 valence electrons. The van der Waals surface area contributed by atoms with E-state index in [1.807, 2.05) is 42.5 Å². The highest BCUT2D eigenvalue weighted by Gasteiger charge is 2.30. The first-order valence-electron chi connectivity index (χ1n) is 10.5. The number of benzene rings is 3. The number of amides is 1. The van der Waals surface area contributed by atoms with Gasteiger partial charge in [-0.15, -0.1) is 0 Å². The number of rotatable bonds is 7. The zero-order valence-electron chi connectivity index (χ0n) is 18.9. The SMILES string of the molecule is COc1cc(C=C2SC(=Nc3cccc(C(=O)O)c3)N(C)C2=O)ccc1OCc1ccc(Br)cc1. The molecular weight excluding hydrogens is 532 g/mol. The number of carboxylic acids is 1. The highest BCUT2D eigenvalue weighted by molar-refractivity contribution is 9.10. The second kappa shape index (κ2) is 10.8. The van der Waals surface area contributed by atoms with E-state index in [1.54, 1.807) is 32.4 Å². The first-order valence-corrected chi connectivity index (χ1v) is 12.1. The number of ether oxygens (including phenoxy) is 2. The van der Waals surface area contributed by atoms with Gasteiger partial charge in [-0.05, 0) is 71.4 Å². The minimum Gasteiger partial charge on any atom is -0.493 e. The van der Waals surface area contributed by atoms with Crippen molar-refractivity contribution in [2.75, 3.05) is 14.2 Å². The van der Waals surface area contributed by atoms with Crippen molar-refractivity contribution < 1.29 is 24.2 Å². The van der Waals surface area contributed by atoms with Crippen LogP contribution in [0, 0.1) is 0 Å². The molecule has 0 aliphatic carbocycles. The first-order chi connectivity index (χ1) is 16.8. The molecule has 3 aromatic rings. The third kappa shape index (κ3) is 5.93. The van der Waals surface area contributed by atoms with Crippen LogP contribution in [0.15, 0.2) is 81.1 Å². The van der Waals surface area contributed by atoms with Crippen molar-refractivity contribution >= 4 is 56.5 Å². The number of aliphatic imine (C=N–C) groups is 1. The minimum atomic E-state index is -1.03. The Kier molecular flexibility index (Phi) is 7.57. The predicted molar refractivity (Wildman–Crippen MR) is 140 cm³/mol. The lowest BCUT2D eigenvalue weighted by molar-refractivity contribution is -0.121. The molecule has 0 aromatic heterocycles. The quantitative estimate of drug-likeness (QED) is 0.363. The van der Waals surface area contributed by atoms with Crippen molar-refractivity contribution in [2.45, 2.75) is 6.61 Å². The van der Waals surface area contributed by atoms with E-state index in [2.05, 4.69) is 20.9 Å². The van der Waals surface area contributed by atoms with E-state index in [-0.39, 0.29) is 11.5 Å². The summed E-state index contributed by atoms with van der Waals surface area (Å²) in [7, 11) is 3.20. The third-order valence-electron chi connectivity index (χ3n) is 5.11. The number of halogens is 1. The van der Waals surface area contributed by atoms with Gasteiger partial charge in [0.05, 0.1) is 23.3 Å². The average molecular weight is 553 g/mol. The number of methoxy groups -OCH3 is 1. The molecule has 1 amide bonds. The van der Waals surface area contributed by atoms with Crippen LogP contribution in [0.4, 0.5) is 5.69 Å². The van der Waals surface area contributed by atoms with E-state index in [0.717, 1.165) is 15.6 Å². The molecule has 1 aliphatic rings. The molecule has 0 unspecified atom stereocenters. The highest BCUT2D eigenvalue weighted by atomic mass is 79.9. The molecule has 35 heavy (non-hydrogen) atoms. The molecule has 7 nitrogen and oxygen atoms in total. The van der Waals surface area contributed by atoms with Crippen LogP contribution in [0.1, 0.15) is 21.5 Å². The zero-order chi connectivity index (χ0) is 24.9. The molecule has 3 aromatic carbocycles. The van der Waals surface area contributed by atoms with E-state index in [1.165, 1.54) is 28.8 Å². The molecule has 1 heterocycles. The number of carbonyl (C=O) groups is 2. The van der Waals surface area contributed by atoms with Gasteiger partial charge in [-0.3, -0.25) is 9.69 Å². The number of thioether (sulfide) groups is 1. The number of hydrogen-bond acceptors (Lipinski definition) is 6. The van der Waals surface area contributed by atoms with Crippen molar-refractivity contribution in [1.82, 2.24) is 4.90 Å². The van der Waals surface area contributed by atoms with E-state index in [0.29, 0.717) is 33.9 Å². The molecule has 9 heteroatoms. The number of carboxylic acid groups (broad SMARTS) is 1. The van der Waals surface area contributed by atoms with Gasteiger partial charge in [-0.2, -0.15) is 0 Å². The Balaban J connectivity index is 1.52. The van der Waals surface area contributed by atoms with Gasteiger partial charge in [0, 0.05) is 11.5 Å². The van der Waals surface area contributed by atoms with E-state index >= 15 is 0 Å². The average Bonchev–Trinajstić information content (AvgIpc) is 3.11. The Hall–Kier alpha value is -3.56. The molecule has 0 bridgehead atoms. The summed E-state index contributed by atoms with van der Waals surface area (Å²) in [5.74, 6) is -0.0766. The Labute approximate surface area is 215 Å². The Bertz CT molecular complexity index is 1340. The van der Waals surface area contributed by atoms with Crippen molar-refractivity contribution in [3.8, 4) is 11.5 Å². The predicted octanol–water partition coefficient (Wildman–Crippen LogP) is 5.97. The topological polar surface area (TPSA) is 88.4 Å². The summed E-state index contributed by atoms with van der Waals surface area (Å²) in [5.41, 5.74) is 2.39. The lowest BCUT2D eigenvalue weighted by Gasteiger charge is -2.11. The monoisotopic (exact) mass is 552 g/mol. The molecular formula is C26H21BrN2O5S. The highest BCUT2D eigenvalue weighted by Crippen LogP contribution is 2.35. The molecule has 0 radical (unpaired) electrons. The van der Waals surface area contributed by atoms with Crippen LogP contribution in [0.3, 0.4) is 0 Å². The number of nitrogens with zero attached hydrogens (tertiary/aromatic N) is 2. The fraction of sp³-hybridized carbons (Fsp3) is 0.115. The number of carbonyl (C=O) groups excluding carboxylic acids is 1. The van der Waals surface area contributed by atoms with Gasteiger partial charge in [0.15, 0.2) is 16.7 Å². The lowest BCUT2D eigenvalue weighted by atomic mass is 10.2. The van der Waals surface area contributed by atoms with Crippen LogP contribution in [-0.2, 0) is 11.4 Å². The number of hydrogen-bond donors (Lipinski definition) is 1. The molecule has 0 saturated carbocycles. The van der Waals surface area contributed by atoms with Crippen molar-refractivity contribution in [2.24, 2.45) is 4.99 Å². The molecule has 0 atom stereocenters. The van der Waals surface area contributed by atoms with Crippen LogP contribution in [0.2, 0.25) is 0 Å². The standard InChI is InChI=1S/C26H21BrN2O5S/c1-29-24(30)23(35-26(29)28-20-5-3-4-18(14-20)25(31)32)13-17-8-11-21(22(12-17)33-2)34-15-16-6-9-19(27)10-7-16/h3-14H,15H2,1-2H3,(H,31,32). The maximum absolute atomic E-state index is 12.8. The van der Waals surface area contributed by atoms with Crippen LogP contribution < -0.4 is 9.47 Å². The maximum atomic E-state index is 12.8. The summed E-state index contributed by atoms with van der Waals surface area (Å²) in [6, 6.07) is 19.6. The van der Waals surface area contributed by atoms with Crippen molar-refractivity contribution in [1.29, 1.82) is 0 Å². The summed E-state index contributed by atoms with van der Waals surface area (Å²) in [4.78, 5) is 30.4. The fourth-order valence-corrected chi connectivity index (χ4v) is 4.51. The second-order valence-electron chi connectivity index (χ2n) is 7.55. The number of amidine groups is 1.